The van der Waals surface area contributed by atoms with E-state index in [2.05, 4.69) is 17.1 Å². The van der Waals surface area contributed by atoms with Gasteiger partial charge in [-0.15, -0.1) is 0 Å². The summed E-state index contributed by atoms with van der Waals surface area (Å²) in [7, 11) is 0. The van der Waals surface area contributed by atoms with Gasteiger partial charge in [-0.25, -0.2) is 0 Å². The first-order valence-electron chi connectivity index (χ1n) is 9.02. The average molecular weight is 343 g/mol. The van der Waals surface area contributed by atoms with E-state index in [9.17, 15) is 10.1 Å². The molecule has 25 heavy (non-hydrogen) atoms. The zero-order valence-corrected chi connectivity index (χ0v) is 14.7. The fourth-order valence-electron chi connectivity index (χ4n) is 3.44. The van der Waals surface area contributed by atoms with Crippen molar-refractivity contribution in [1.29, 1.82) is 5.26 Å². The van der Waals surface area contributed by atoms with Crippen molar-refractivity contribution in [2.45, 2.75) is 38.6 Å². The Morgan fingerprint density at radius 1 is 1.32 bits per heavy atom. The third-order valence-corrected chi connectivity index (χ3v) is 5.01. The van der Waals surface area contributed by atoms with E-state index in [0.29, 0.717) is 24.9 Å². The summed E-state index contributed by atoms with van der Waals surface area (Å²) < 4.78 is 11.1. The molecule has 1 saturated carbocycles. The first kappa shape index (κ1) is 17.6. The summed E-state index contributed by atoms with van der Waals surface area (Å²) in [6, 6.07) is 5.81. The Morgan fingerprint density at radius 3 is 2.80 bits per heavy atom. The highest BCUT2D eigenvalue weighted by atomic mass is 16.5. The number of ether oxygens (including phenoxy) is 1. The van der Waals surface area contributed by atoms with Gasteiger partial charge in [0.1, 0.15) is 17.4 Å². The molecule has 2 atom stereocenters. The monoisotopic (exact) mass is 343 g/mol. The molecule has 0 bridgehead atoms. The van der Waals surface area contributed by atoms with Crippen LogP contribution in [0, 0.1) is 17.2 Å². The Kier molecular flexibility index (Phi) is 5.77. The van der Waals surface area contributed by atoms with Crippen molar-refractivity contribution in [2.75, 3.05) is 31.2 Å². The van der Waals surface area contributed by atoms with Gasteiger partial charge in [0, 0.05) is 31.3 Å². The first-order chi connectivity index (χ1) is 12.2. The van der Waals surface area contributed by atoms with Crippen LogP contribution in [-0.4, -0.2) is 38.3 Å². The first-order valence-corrected chi connectivity index (χ1v) is 9.02. The summed E-state index contributed by atoms with van der Waals surface area (Å²) in [6.45, 7) is 5.07. The number of rotatable bonds is 4. The van der Waals surface area contributed by atoms with Gasteiger partial charge in [-0.1, -0.05) is 19.8 Å². The molecule has 3 rings (SSSR count). The number of hydrogen-bond donors (Lipinski definition) is 1. The molecule has 1 N–H and O–H groups in total. The lowest BCUT2D eigenvalue weighted by Gasteiger charge is -2.29. The molecule has 2 heterocycles. The number of carbonyl (C=O) groups is 1. The van der Waals surface area contributed by atoms with E-state index in [1.54, 1.807) is 6.07 Å². The maximum absolute atomic E-state index is 12.4. The second kappa shape index (κ2) is 8.21. The number of nitrogens with one attached hydrogen (secondary N) is 1. The topological polar surface area (TPSA) is 78.5 Å². The van der Waals surface area contributed by atoms with E-state index in [-0.39, 0.29) is 17.5 Å². The second-order valence-electron chi connectivity index (χ2n) is 6.79. The Hall–Kier alpha value is -2.26. The van der Waals surface area contributed by atoms with Gasteiger partial charge in [-0.2, -0.15) is 5.26 Å². The maximum atomic E-state index is 12.4. The van der Waals surface area contributed by atoms with Crippen LogP contribution in [0.25, 0.3) is 6.08 Å². The normalized spacial score (nSPS) is 24.6. The Balaban J connectivity index is 1.66. The van der Waals surface area contributed by atoms with Crippen molar-refractivity contribution in [3.63, 3.8) is 0 Å². The number of nitriles is 1. The smallest absolute Gasteiger partial charge is 0.262 e. The lowest BCUT2D eigenvalue weighted by molar-refractivity contribution is -0.118. The zero-order valence-electron chi connectivity index (χ0n) is 14.7. The number of anilines is 1. The highest BCUT2D eigenvalue weighted by molar-refractivity contribution is 6.01. The van der Waals surface area contributed by atoms with Gasteiger partial charge in [-0.3, -0.25) is 4.79 Å². The molecule has 1 aromatic rings. The van der Waals surface area contributed by atoms with Crippen molar-refractivity contribution in [3.8, 4) is 6.07 Å². The minimum atomic E-state index is -0.314. The van der Waals surface area contributed by atoms with Crippen molar-refractivity contribution in [3.05, 3.63) is 23.5 Å². The van der Waals surface area contributed by atoms with Crippen molar-refractivity contribution < 1.29 is 13.9 Å². The summed E-state index contributed by atoms with van der Waals surface area (Å²) in [6.07, 6.45) is 5.96. The average Bonchev–Trinajstić information content (AvgIpc) is 3.11. The highest BCUT2D eigenvalue weighted by Gasteiger charge is 2.24. The zero-order chi connectivity index (χ0) is 17.6. The van der Waals surface area contributed by atoms with Crippen molar-refractivity contribution in [1.82, 2.24) is 5.32 Å². The van der Waals surface area contributed by atoms with E-state index in [0.717, 1.165) is 38.2 Å². The quantitative estimate of drug-likeness (QED) is 0.672. The molecule has 1 aliphatic heterocycles. The van der Waals surface area contributed by atoms with E-state index in [1.807, 2.05) is 12.1 Å². The molecule has 6 heteroatoms. The van der Waals surface area contributed by atoms with E-state index in [1.165, 1.54) is 12.5 Å². The minimum Gasteiger partial charge on any atom is -0.441 e. The number of hydrogen-bond acceptors (Lipinski definition) is 5. The second-order valence-corrected chi connectivity index (χ2v) is 6.79. The van der Waals surface area contributed by atoms with E-state index >= 15 is 0 Å². The molecule has 0 spiro atoms. The predicted molar refractivity (Wildman–Crippen MR) is 94.9 cm³/mol. The molecule has 6 nitrogen and oxygen atoms in total. The molecule has 1 saturated heterocycles. The standard InChI is InChI=1S/C19H25N3O3/c1-14-4-2-3-5-17(14)21-19(23)15(13-20)12-16-6-7-18(25-16)22-8-10-24-11-9-22/h6-7,12,14,17H,2-5,8-11H2,1H3,(H,21,23)/b15-12+/t14-,17-/m1/s1. The van der Waals surface area contributed by atoms with Crippen LogP contribution in [0.3, 0.4) is 0 Å². The van der Waals surface area contributed by atoms with Crippen LogP contribution in [0.1, 0.15) is 38.4 Å². The highest BCUT2D eigenvalue weighted by Crippen LogP contribution is 2.24. The molecule has 2 aliphatic rings. The Labute approximate surface area is 148 Å². The van der Waals surface area contributed by atoms with Crippen LogP contribution in [0.5, 0.6) is 0 Å². The summed E-state index contributed by atoms with van der Waals surface area (Å²) in [4.78, 5) is 14.5. The molecular weight excluding hydrogens is 318 g/mol. The van der Waals surface area contributed by atoms with Gasteiger partial charge in [0.05, 0.1) is 13.2 Å². The molecule has 0 unspecified atom stereocenters. The van der Waals surface area contributed by atoms with Crippen LogP contribution in [0.4, 0.5) is 5.88 Å². The summed E-state index contributed by atoms with van der Waals surface area (Å²) in [5, 5.41) is 12.4. The minimum absolute atomic E-state index is 0.0839. The molecule has 2 fully saturated rings. The number of nitrogens with zero attached hydrogens (tertiary/aromatic N) is 2. The van der Waals surface area contributed by atoms with E-state index in [4.69, 9.17) is 9.15 Å². The lowest BCUT2D eigenvalue weighted by Crippen LogP contribution is -2.41. The van der Waals surface area contributed by atoms with Gasteiger partial charge in [0.25, 0.3) is 5.91 Å². The van der Waals surface area contributed by atoms with Gasteiger partial charge in [0.2, 0.25) is 0 Å². The Morgan fingerprint density at radius 2 is 2.08 bits per heavy atom. The molecular formula is C19H25N3O3. The van der Waals surface area contributed by atoms with Crippen LogP contribution < -0.4 is 10.2 Å². The van der Waals surface area contributed by atoms with Crippen molar-refractivity contribution >= 4 is 17.9 Å². The van der Waals surface area contributed by atoms with Crippen molar-refractivity contribution in [2.24, 2.45) is 5.92 Å². The number of carbonyl (C=O) groups excluding carboxylic acids is 1. The summed E-state index contributed by atoms with van der Waals surface area (Å²) >= 11 is 0. The van der Waals surface area contributed by atoms with Crippen LogP contribution >= 0.6 is 0 Å². The summed E-state index contributed by atoms with van der Waals surface area (Å²) in [5.74, 6) is 1.40. The van der Waals surface area contributed by atoms with Gasteiger partial charge in [-0.05, 0) is 24.8 Å². The third kappa shape index (κ3) is 4.43. The van der Waals surface area contributed by atoms with E-state index < -0.39 is 0 Å². The van der Waals surface area contributed by atoms with Crippen LogP contribution in [0.2, 0.25) is 0 Å². The Bertz CT molecular complexity index is 668. The van der Waals surface area contributed by atoms with Crippen LogP contribution in [0.15, 0.2) is 22.1 Å². The van der Waals surface area contributed by atoms with Gasteiger partial charge >= 0.3 is 0 Å². The summed E-state index contributed by atoms with van der Waals surface area (Å²) in [5.41, 5.74) is 0.0839. The fraction of sp³-hybridized carbons (Fsp3) is 0.579. The molecule has 0 radical (unpaired) electrons. The number of morpholine rings is 1. The third-order valence-electron chi connectivity index (χ3n) is 5.01. The largest absolute Gasteiger partial charge is 0.441 e. The maximum Gasteiger partial charge on any atom is 0.262 e. The molecule has 0 aromatic carbocycles. The molecule has 1 aromatic heterocycles. The fourth-order valence-corrected chi connectivity index (χ4v) is 3.44. The number of furan rings is 1. The number of amides is 1. The lowest BCUT2D eigenvalue weighted by atomic mass is 9.86. The molecule has 1 amide bonds. The van der Waals surface area contributed by atoms with Crippen LogP contribution in [-0.2, 0) is 9.53 Å². The SMILES string of the molecule is C[C@@H]1CCCC[C@H]1NC(=O)/C(C#N)=C/c1ccc(N2CCOCC2)o1. The van der Waals surface area contributed by atoms with Gasteiger partial charge in [0.15, 0.2) is 5.88 Å². The predicted octanol–water partition coefficient (Wildman–Crippen LogP) is 2.72. The van der Waals surface area contributed by atoms with Gasteiger partial charge < -0.3 is 19.4 Å². The molecule has 134 valence electrons. The molecule has 1 aliphatic carbocycles.